The molecule has 1 N–H and O–H groups in total. The van der Waals surface area contributed by atoms with Crippen molar-refractivity contribution in [2.24, 2.45) is 12.0 Å². The fraction of sp³-hybridized carbons (Fsp3) is 0.562. The van der Waals surface area contributed by atoms with Gasteiger partial charge in [-0.3, -0.25) is 4.99 Å². The lowest BCUT2D eigenvalue weighted by atomic mass is 10.4. The van der Waals surface area contributed by atoms with E-state index < -0.39 is 0 Å². The minimum Gasteiger partial charge on any atom is -0.371 e. The fourth-order valence-electron chi connectivity index (χ4n) is 2.35. The Morgan fingerprint density at radius 1 is 1.54 bits per heavy atom. The van der Waals surface area contributed by atoms with Crippen LogP contribution in [0.4, 0.5) is 0 Å². The predicted octanol–water partition coefficient (Wildman–Crippen LogP) is 1.71. The zero-order valence-corrected chi connectivity index (χ0v) is 15.0. The second-order valence-electron chi connectivity index (χ2n) is 5.51. The van der Waals surface area contributed by atoms with E-state index in [-0.39, 0.29) is 6.10 Å². The quantitative estimate of drug-likeness (QED) is 0.613. The Kier molecular flexibility index (Phi) is 6.36. The molecule has 132 valence electrons. The molecule has 0 fully saturated rings. The van der Waals surface area contributed by atoms with Gasteiger partial charge in [-0.2, -0.15) is 4.98 Å². The van der Waals surface area contributed by atoms with E-state index >= 15 is 0 Å². The van der Waals surface area contributed by atoms with Gasteiger partial charge in [0.2, 0.25) is 5.89 Å². The van der Waals surface area contributed by atoms with Gasteiger partial charge in [0.05, 0.1) is 13.1 Å². The van der Waals surface area contributed by atoms with Crippen LogP contribution >= 0.6 is 0 Å². The number of rotatable bonds is 7. The van der Waals surface area contributed by atoms with Gasteiger partial charge in [0.1, 0.15) is 6.10 Å². The van der Waals surface area contributed by atoms with Gasteiger partial charge in [0.25, 0.3) is 0 Å². The number of nitrogens with one attached hydrogen (secondary N) is 1. The van der Waals surface area contributed by atoms with Crippen LogP contribution in [-0.2, 0) is 24.9 Å². The van der Waals surface area contributed by atoms with Gasteiger partial charge in [-0.15, -0.1) is 0 Å². The summed E-state index contributed by atoms with van der Waals surface area (Å²) in [4.78, 5) is 10.7. The summed E-state index contributed by atoms with van der Waals surface area (Å²) in [6, 6.07) is 4.11. The predicted molar refractivity (Wildman–Crippen MR) is 91.4 cm³/mol. The number of aromatic nitrogens is 3. The minimum atomic E-state index is -0.174. The van der Waals surface area contributed by atoms with Crippen molar-refractivity contribution in [3.05, 3.63) is 35.7 Å². The number of guanidine groups is 1. The van der Waals surface area contributed by atoms with Crippen molar-refractivity contribution < 1.29 is 9.26 Å². The number of nitrogens with zero attached hydrogens (tertiary/aromatic N) is 5. The summed E-state index contributed by atoms with van der Waals surface area (Å²) >= 11 is 0. The largest absolute Gasteiger partial charge is 0.371 e. The maximum Gasteiger partial charge on any atom is 0.246 e. The zero-order valence-electron chi connectivity index (χ0n) is 15.0. The van der Waals surface area contributed by atoms with E-state index in [0.717, 1.165) is 12.5 Å². The lowest BCUT2D eigenvalue weighted by Crippen LogP contribution is -2.38. The first-order valence-corrected chi connectivity index (χ1v) is 8.01. The third kappa shape index (κ3) is 4.58. The van der Waals surface area contributed by atoms with Crippen molar-refractivity contribution in [1.82, 2.24) is 24.9 Å². The minimum absolute atomic E-state index is 0.174. The molecular formula is C16H26N6O2. The summed E-state index contributed by atoms with van der Waals surface area (Å²) in [5.41, 5.74) is 1.20. The van der Waals surface area contributed by atoms with Crippen molar-refractivity contribution in [2.45, 2.75) is 33.0 Å². The highest BCUT2D eigenvalue weighted by Crippen LogP contribution is 2.12. The van der Waals surface area contributed by atoms with E-state index in [0.29, 0.717) is 24.9 Å². The smallest absolute Gasteiger partial charge is 0.246 e. The molecule has 0 radical (unpaired) electrons. The van der Waals surface area contributed by atoms with Gasteiger partial charge in [-0.25, -0.2) is 0 Å². The molecule has 24 heavy (non-hydrogen) atoms. The third-order valence-corrected chi connectivity index (χ3v) is 3.69. The third-order valence-electron chi connectivity index (χ3n) is 3.69. The van der Waals surface area contributed by atoms with Gasteiger partial charge < -0.3 is 24.0 Å². The van der Waals surface area contributed by atoms with E-state index in [4.69, 9.17) is 9.26 Å². The van der Waals surface area contributed by atoms with E-state index in [9.17, 15) is 0 Å². The first-order valence-electron chi connectivity index (χ1n) is 8.01. The Morgan fingerprint density at radius 2 is 2.33 bits per heavy atom. The summed E-state index contributed by atoms with van der Waals surface area (Å²) < 4.78 is 12.8. The number of hydrogen-bond acceptors (Lipinski definition) is 5. The highest BCUT2D eigenvalue weighted by atomic mass is 16.5. The SMILES string of the molecule is CCOC(C)c1noc(CNC(=NC)N(C)Cc2cccn2C)n1. The molecule has 8 nitrogen and oxygen atoms in total. The van der Waals surface area contributed by atoms with Gasteiger partial charge in [-0.1, -0.05) is 5.16 Å². The van der Waals surface area contributed by atoms with Crippen LogP contribution in [0.3, 0.4) is 0 Å². The van der Waals surface area contributed by atoms with E-state index in [2.05, 4.69) is 31.1 Å². The Bertz CT molecular complexity index is 663. The summed E-state index contributed by atoms with van der Waals surface area (Å²) in [6.07, 6.45) is 1.85. The maximum atomic E-state index is 5.46. The first kappa shape index (κ1) is 18.0. The number of aliphatic imine (C=N–C) groups is 1. The van der Waals surface area contributed by atoms with Crippen molar-refractivity contribution >= 4 is 5.96 Å². The van der Waals surface area contributed by atoms with Crippen molar-refractivity contribution in [3.63, 3.8) is 0 Å². The lowest BCUT2D eigenvalue weighted by molar-refractivity contribution is 0.0683. The first-order chi connectivity index (χ1) is 11.5. The molecule has 0 spiro atoms. The average molecular weight is 334 g/mol. The molecule has 1 unspecified atom stereocenters. The molecule has 0 saturated heterocycles. The van der Waals surface area contributed by atoms with Crippen LogP contribution in [0, 0.1) is 0 Å². The number of hydrogen-bond donors (Lipinski definition) is 1. The average Bonchev–Trinajstić information content (AvgIpc) is 3.18. The molecule has 0 aromatic carbocycles. The van der Waals surface area contributed by atoms with E-state index in [1.165, 1.54) is 5.69 Å². The highest BCUT2D eigenvalue weighted by Gasteiger charge is 2.15. The van der Waals surface area contributed by atoms with Crippen molar-refractivity contribution in [2.75, 3.05) is 20.7 Å². The summed E-state index contributed by atoms with van der Waals surface area (Å²) in [5, 5.41) is 7.18. The zero-order chi connectivity index (χ0) is 17.5. The van der Waals surface area contributed by atoms with Crippen molar-refractivity contribution in [1.29, 1.82) is 0 Å². The number of ether oxygens (including phenoxy) is 1. The van der Waals surface area contributed by atoms with Gasteiger partial charge in [-0.05, 0) is 26.0 Å². The fourth-order valence-corrected chi connectivity index (χ4v) is 2.35. The normalized spacial score (nSPS) is 13.1. The Morgan fingerprint density at radius 3 is 2.96 bits per heavy atom. The maximum absolute atomic E-state index is 5.46. The lowest BCUT2D eigenvalue weighted by Gasteiger charge is -2.21. The summed E-state index contributed by atoms with van der Waals surface area (Å²) in [7, 11) is 5.76. The second kappa shape index (κ2) is 8.49. The topological polar surface area (TPSA) is 80.7 Å². The van der Waals surface area contributed by atoms with Crippen molar-refractivity contribution in [3.8, 4) is 0 Å². The Balaban J connectivity index is 1.90. The highest BCUT2D eigenvalue weighted by molar-refractivity contribution is 5.79. The van der Waals surface area contributed by atoms with Crippen LogP contribution in [0.2, 0.25) is 0 Å². The number of aryl methyl sites for hydroxylation is 1. The van der Waals surface area contributed by atoms with Gasteiger partial charge >= 0.3 is 0 Å². The molecule has 0 amide bonds. The second-order valence-corrected chi connectivity index (χ2v) is 5.51. The van der Waals surface area contributed by atoms with Gasteiger partial charge in [0, 0.05) is 39.6 Å². The standard InChI is InChI=1S/C16H26N6O2/c1-6-23-12(2)15-19-14(24-20-15)10-18-16(17-3)22(5)11-13-8-7-9-21(13)4/h7-9,12H,6,10-11H2,1-5H3,(H,17,18). The monoisotopic (exact) mass is 334 g/mol. The van der Waals surface area contributed by atoms with Crippen LogP contribution in [0.1, 0.15) is 37.4 Å². The molecule has 8 heteroatoms. The van der Waals surface area contributed by atoms with Crippen LogP contribution in [0.5, 0.6) is 0 Å². The molecule has 0 saturated carbocycles. The molecule has 1 atom stereocenters. The molecule has 2 heterocycles. The van der Waals surface area contributed by atoms with Crippen LogP contribution in [0.25, 0.3) is 0 Å². The van der Waals surface area contributed by atoms with Crippen LogP contribution in [-0.4, -0.2) is 46.3 Å². The van der Waals surface area contributed by atoms with Gasteiger partial charge in [0.15, 0.2) is 11.8 Å². The molecule has 0 bridgehead atoms. The Hall–Kier alpha value is -2.35. The summed E-state index contributed by atoms with van der Waals surface area (Å²) in [5.74, 6) is 1.82. The molecule has 2 rings (SSSR count). The summed E-state index contributed by atoms with van der Waals surface area (Å²) in [6.45, 7) is 5.61. The molecular weight excluding hydrogens is 308 g/mol. The van der Waals surface area contributed by atoms with Crippen LogP contribution in [0.15, 0.2) is 27.8 Å². The molecule has 2 aromatic heterocycles. The molecule has 0 aliphatic rings. The van der Waals surface area contributed by atoms with E-state index in [1.807, 2.05) is 45.1 Å². The Labute approximate surface area is 142 Å². The molecule has 2 aromatic rings. The van der Waals surface area contributed by atoms with E-state index in [1.54, 1.807) is 7.05 Å². The molecule has 0 aliphatic carbocycles. The van der Waals surface area contributed by atoms with Crippen LogP contribution < -0.4 is 5.32 Å². The molecule has 0 aliphatic heterocycles.